The molecule has 0 aliphatic rings. The maximum Gasteiger partial charge on any atom is 1.00 e. The van der Waals surface area contributed by atoms with Crippen molar-refractivity contribution in [1.29, 1.82) is 0 Å². The molecule has 0 radical (unpaired) electrons. The van der Waals surface area contributed by atoms with Gasteiger partial charge in [0.2, 0.25) is 0 Å². The second kappa shape index (κ2) is 7.36. The summed E-state index contributed by atoms with van der Waals surface area (Å²) >= 11 is 0. The third-order valence-electron chi connectivity index (χ3n) is 0.965. The van der Waals surface area contributed by atoms with Crippen molar-refractivity contribution in [2.45, 2.75) is 13.0 Å². The summed E-state index contributed by atoms with van der Waals surface area (Å²) < 4.78 is 0. The average molecular weight is 232 g/mol. The summed E-state index contributed by atoms with van der Waals surface area (Å²) in [5, 5.41) is 19.9. The first kappa shape index (κ1) is 14.2. The van der Waals surface area contributed by atoms with Gasteiger partial charge < -0.3 is 20.3 Å². The number of aliphatic hydroxyl groups excluding tert-OH is 1. The minimum absolute atomic E-state index is 0. The van der Waals surface area contributed by atoms with Crippen LogP contribution in [0, 0.1) is 0 Å². The van der Waals surface area contributed by atoms with Crippen LogP contribution in [0.3, 0.4) is 0 Å². The zero-order chi connectivity index (χ0) is 8.15. The number of Topliss-reactive ketones (excluding diaryl/α,β-unsaturated/α-hetero) is 1. The molecular weight excluding hydrogens is 224 g/mol. The van der Waals surface area contributed by atoms with E-state index >= 15 is 0 Å². The molecule has 1 atom stereocenters. The Hall–Kier alpha value is 0.705. The van der Waals surface area contributed by atoms with E-state index in [-0.39, 0.29) is 58.2 Å². The predicted octanol–water partition coefficient (Wildman–Crippen LogP) is -5.13. The van der Waals surface area contributed by atoms with Gasteiger partial charge in [0.1, 0.15) is 12.1 Å². The fourth-order valence-corrected chi connectivity index (χ4v) is 0.418. The van der Waals surface area contributed by atoms with Crippen LogP contribution in [0.25, 0.3) is 0 Å². The predicted molar refractivity (Wildman–Crippen MR) is 30.1 cm³/mol. The molecule has 6 heteroatoms. The Balaban J connectivity index is 0. The molecule has 0 aliphatic carbocycles. The Bertz CT molecular complexity index is 149. The zero-order valence-electron chi connectivity index (χ0n) is 6.46. The van der Waals surface area contributed by atoms with Gasteiger partial charge in [-0.05, 0) is 6.92 Å². The van der Waals surface area contributed by atoms with Gasteiger partial charge in [0.15, 0.2) is 5.78 Å². The number of carbonyl (C=O) groups is 2. The van der Waals surface area contributed by atoms with E-state index in [9.17, 15) is 14.7 Å². The number of hydrogen-bond donors (Lipinski definition) is 2. The van der Waals surface area contributed by atoms with Crippen molar-refractivity contribution in [3.8, 4) is 0 Å². The van der Waals surface area contributed by atoms with Gasteiger partial charge >= 0.3 is 58.2 Å². The van der Waals surface area contributed by atoms with Crippen LogP contribution in [0.4, 0.5) is 4.79 Å². The van der Waals surface area contributed by atoms with E-state index in [4.69, 9.17) is 5.11 Å². The largest absolute Gasteiger partial charge is 1.00 e. The summed E-state index contributed by atoms with van der Waals surface area (Å²) in [4.78, 5) is 20.2. The van der Waals surface area contributed by atoms with Gasteiger partial charge in [0, 0.05) is 0 Å². The normalized spacial score (nSPS) is 11.1. The molecule has 0 saturated carbocycles. The molecule has 58 valence electrons. The maximum atomic E-state index is 10.4. The molecular formula is C5H8NO4Rb. The molecule has 0 fully saturated rings. The van der Waals surface area contributed by atoms with Crippen molar-refractivity contribution in [3.63, 3.8) is 0 Å². The molecule has 0 aromatic carbocycles. The zero-order valence-corrected chi connectivity index (χ0v) is 11.4. The van der Waals surface area contributed by atoms with Crippen LogP contribution in [-0.4, -0.2) is 29.6 Å². The van der Waals surface area contributed by atoms with E-state index in [0.29, 0.717) is 0 Å². The summed E-state index contributed by atoms with van der Waals surface area (Å²) in [5.41, 5.74) is 0. The standard InChI is InChI=1S/C5H9NO4.Rb/c1-3(8)4(2-7)6-5(9)10;/h4,6-7H,2H2,1H3,(H,9,10);/q;+1/p-1. The van der Waals surface area contributed by atoms with E-state index in [1.807, 2.05) is 0 Å². The Morgan fingerprint density at radius 2 is 2.09 bits per heavy atom. The molecule has 0 bridgehead atoms. The first-order valence-corrected chi connectivity index (χ1v) is 2.66. The number of aliphatic hydroxyl groups is 1. The quantitative estimate of drug-likeness (QED) is 0.509. The summed E-state index contributed by atoms with van der Waals surface area (Å²) in [7, 11) is 0. The number of carbonyl (C=O) groups excluding carboxylic acids is 2. The molecule has 0 saturated heterocycles. The summed E-state index contributed by atoms with van der Waals surface area (Å²) in [6, 6.07) is -1.05. The van der Waals surface area contributed by atoms with Gasteiger partial charge in [0.05, 0.1) is 6.61 Å². The molecule has 0 aromatic rings. The van der Waals surface area contributed by atoms with E-state index in [1.165, 1.54) is 6.92 Å². The topological polar surface area (TPSA) is 89.5 Å². The first-order chi connectivity index (χ1) is 4.57. The van der Waals surface area contributed by atoms with Gasteiger partial charge in [-0.1, -0.05) is 0 Å². The number of rotatable bonds is 3. The SMILES string of the molecule is CC(=O)C(CO)NC(=O)[O-].[Rb+]. The van der Waals surface area contributed by atoms with Crippen LogP contribution in [0.5, 0.6) is 0 Å². The number of carboxylic acid groups (broad SMARTS) is 1. The monoisotopic (exact) mass is 231 g/mol. The number of amides is 1. The third-order valence-corrected chi connectivity index (χ3v) is 0.965. The summed E-state index contributed by atoms with van der Waals surface area (Å²) in [6.45, 7) is 0.639. The van der Waals surface area contributed by atoms with Crippen molar-refractivity contribution in [2.24, 2.45) is 0 Å². The third kappa shape index (κ3) is 7.08. The first-order valence-electron chi connectivity index (χ1n) is 2.66. The number of hydrogen-bond acceptors (Lipinski definition) is 4. The minimum atomic E-state index is -1.56. The van der Waals surface area contributed by atoms with Crippen LogP contribution < -0.4 is 68.6 Å². The average Bonchev–Trinajstić information content (AvgIpc) is 1.81. The van der Waals surface area contributed by atoms with Crippen molar-refractivity contribution < 1.29 is 78.0 Å². The van der Waals surface area contributed by atoms with Gasteiger partial charge in [0.25, 0.3) is 0 Å². The van der Waals surface area contributed by atoms with Crippen molar-refractivity contribution in [2.75, 3.05) is 6.61 Å². The maximum absolute atomic E-state index is 10.4. The van der Waals surface area contributed by atoms with Gasteiger partial charge in [-0.2, -0.15) is 0 Å². The van der Waals surface area contributed by atoms with Crippen molar-refractivity contribution in [1.82, 2.24) is 5.32 Å². The molecule has 0 aliphatic heterocycles. The van der Waals surface area contributed by atoms with Gasteiger partial charge in [-0.25, -0.2) is 0 Å². The second-order valence-electron chi connectivity index (χ2n) is 1.78. The van der Waals surface area contributed by atoms with Crippen LogP contribution in [0.2, 0.25) is 0 Å². The smallest absolute Gasteiger partial charge is 0.530 e. The van der Waals surface area contributed by atoms with Crippen LogP contribution >= 0.6 is 0 Å². The Labute approximate surface area is 113 Å². The van der Waals surface area contributed by atoms with E-state index in [2.05, 4.69) is 0 Å². The Morgan fingerprint density at radius 1 is 1.64 bits per heavy atom. The number of ketones is 1. The van der Waals surface area contributed by atoms with Gasteiger partial charge in [-0.3, -0.25) is 4.79 Å². The molecule has 0 rings (SSSR count). The van der Waals surface area contributed by atoms with Crippen LogP contribution in [0.1, 0.15) is 6.92 Å². The molecule has 1 amide bonds. The second-order valence-corrected chi connectivity index (χ2v) is 1.78. The molecule has 0 heterocycles. The molecule has 2 N–H and O–H groups in total. The van der Waals surface area contributed by atoms with Crippen LogP contribution in [0.15, 0.2) is 0 Å². The fourth-order valence-electron chi connectivity index (χ4n) is 0.418. The molecule has 5 nitrogen and oxygen atoms in total. The van der Waals surface area contributed by atoms with E-state index in [1.54, 1.807) is 5.32 Å². The minimum Gasteiger partial charge on any atom is -0.530 e. The van der Waals surface area contributed by atoms with Crippen LogP contribution in [-0.2, 0) is 4.79 Å². The summed E-state index contributed by atoms with van der Waals surface area (Å²) in [5.74, 6) is -0.438. The summed E-state index contributed by atoms with van der Waals surface area (Å²) in [6.07, 6.45) is -1.56. The fraction of sp³-hybridized carbons (Fsp3) is 0.600. The molecule has 0 aromatic heterocycles. The van der Waals surface area contributed by atoms with E-state index in [0.717, 1.165) is 0 Å². The van der Waals surface area contributed by atoms with Crippen molar-refractivity contribution in [3.05, 3.63) is 0 Å². The Kier molecular flexibility index (Phi) is 9.53. The van der Waals surface area contributed by atoms with Gasteiger partial charge in [-0.15, -0.1) is 0 Å². The molecule has 0 spiro atoms. The van der Waals surface area contributed by atoms with E-state index < -0.39 is 24.5 Å². The molecule has 11 heavy (non-hydrogen) atoms. The molecule has 1 unspecified atom stereocenters. The Morgan fingerprint density at radius 3 is 2.18 bits per heavy atom. The number of nitrogens with one attached hydrogen (secondary N) is 1. The van der Waals surface area contributed by atoms with Crippen molar-refractivity contribution >= 4 is 11.9 Å².